The molecule has 0 aliphatic rings. The molecule has 0 saturated carbocycles. The fraction of sp³-hybridized carbons (Fsp3) is 0.409. The SMILES string of the molecule is CCOC(=O)O/C(=C(/C#N)c1ccc(C(C)(C)C)cc1)c1c(Cl)c(C)nn1CC. The highest BCUT2D eigenvalue weighted by molar-refractivity contribution is 6.33. The highest BCUT2D eigenvalue weighted by atomic mass is 35.5. The molecule has 0 aliphatic heterocycles. The van der Waals surface area contributed by atoms with Crippen molar-refractivity contribution in [3.8, 4) is 6.07 Å². The predicted octanol–water partition coefficient (Wildman–Crippen LogP) is 5.73. The van der Waals surface area contributed by atoms with Crippen molar-refractivity contribution in [3.05, 3.63) is 51.8 Å². The van der Waals surface area contributed by atoms with Crippen LogP contribution in [0.4, 0.5) is 4.79 Å². The van der Waals surface area contributed by atoms with Gasteiger partial charge in [-0.15, -0.1) is 0 Å². The van der Waals surface area contributed by atoms with Crippen LogP contribution in [0.5, 0.6) is 0 Å². The second kappa shape index (κ2) is 9.15. The lowest BCUT2D eigenvalue weighted by molar-refractivity contribution is 0.0952. The van der Waals surface area contributed by atoms with Crippen molar-refractivity contribution >= 4 is 29.1 Å². The molecule has 0 fully saturated rings. The summed E-state index contributed by atoms with van der Waals surface area (Å²) in [6.45, 7) is 12.3. The average molecular weight is 416 g/mol. The molecule has 0 atom stereocenters. The summed E-state index contributed by atoms with van der Waals surface area (Å²) in [5, 5.41) is 14.6. The van der Waals surface area contributed by atoms with Crippen LogP contribution in [0.15, 0.2) is 24.3 Å². The first-order chi connectivity index (χ1) is 13.6. The number of benzene rings is 1. The van der Waals surface area contributed by atoms with E-state index in [0.717, 1.165) is 5.56 Å². The first-order valence-corrected chi connectivity index (χ1v) is 9.84. The van der Waals surface area contributed by atoms with Crippen molar-refractivity contribution in [1.82, 2.24) is 9.78 Å². The fourth-order valence-electron chi connectivity index (χ4n) is 2.84. The molecule has 0 bridgehead atoms. The Morgan fingerprint density at radius 2 is 1.86 bits per heavy atom. The number of rotatable bonds is 5. The van der Waals surface area contributed by atoms with Crippen LogP contribution in [-0.4, -0.2) is 22.5 Å². The zero-order valence-corrected chi connectivity index (χ0v) is 18.4. The second-order valence-corrected chi connectivity index (χ2v) is 7.87. The molecule has 154 valence electrons. The van der Waals surface area contributed by atoms with Crippen LogP contribution in [0.1, 0.15) is 57.1 Å². The highest BCUT2D eigenvalue weighted by Gasteiger charge is 2.26. The number of carbonyl (C=O) groups excluding carboxylic acids is 1. The van der Waals surface area contributed by atoms with Gasteiger partial charge in [-0.1, -0.05) is 56.6 Å². The number of allylic oxidation sites excluding steroid dienone is 1. The van der Waals surface area contributed by atoms with Gasteiger partial charge in [0.25, 0.3) is 0 Å². The molecule has 0 aliphatic carbocycles. The summed E-state index contributed by atoms with van der Waals surface area (Å²) < 4.78 is 12.0. The third-order valence-electron chi connectivity index (χ3n) is 4.40. The maximum Gasteiger partial charge on any atom is 0.513 e. The Kier molecular flexibility index (Phi) is 7.10. The van der Waals surface area contributed by atoms with Crippen molar-refractivity contribution in [3.63, 3.8) is 0 Å². The molecule has 1 aromatic heterocycles. The zero-order valence-electron chi connectivity index (χ0n) is 17.7. The largest absolute Gasteiger partial charge is 0.513 e. The molecule has 0 unspecified atom stereocenters. The minimum Gasteiger partial charge on any atom is -0.434 e. The number of nitrogens with zero attached hydrogens (tertiary/aromatic N) is 3. The molecule has 2 rings (SSSR count). The number of halogens is 1. The molecule has 0 amide bonds. The van der Waals surface area contributed by atoms with Crippen LogP contribution < -0.4 is 0 Å². The predicted molar refractivity (Wildman–Crippen MR) is 113 cm³/mol. The summed E-state index contributed by atoms with van der Waals surface area (Å²) in [4.78, 5) is 12.1. The standard InChI is InChI=1S/C22H26ClN3O3/c1-7-26-19(18(23)14(3)25-26)20(29-21(27)28-8-2)17(13-24)15-9-11-16(12-10-15)22(4,5)6/h9-12H,7-8H2,1-6H3/b20-17-. The number of hydrogen-bond donors (Lipinski definition) is 0. The first-order valence-electron chi connectivity index (χ1n) is 9.47. The van der Waals surface area contributed by atoms with E-state index in [4.69, 9.17) is 21.1 Å². The quantitative estimate of drug-likeness (QED) is 0.354. The van der Waals surface area contributed by atoms with Gasteiger partial charge in [0.05, 0.1) is 17.3 Å². The van der Waals surface area contributed by atoms with Crippen molar-refractivity contribution < 1.29 is 14.3 Å². The van der Waals surface area contributed by atoms with E-state index in [0.29, 0.717) is 28.5 Å². The van der Waals surface area contributed by atoms with Crippen molar-refractivity contribution in [2.24, 2.45) is 0 Å². The van der Waals surface area contributed by atoms with Crippen LogP contribution >= 0.6 is 11.6 Å². The van der Waals surface area contributed by atoms with Gasteiger partial charge >= 0.3 is 6.16 Å². The van der Waals surface area contributed by atoms with Gasteiger partial charge in [-0.3, -0.25) is 4.68 Å². The summed E-state index contributed by atoms with van der Waals surface area (Å²) in [5.41, 5.74) is 2.83. The minimum absolute atomic E-state index is 0.0272. The van der Waals surface area contributed by atoms with E-state index in [1.54, 1.807) is 18.5 Å². The molecule has 7 heteroatoms. The molecule has 2 aromatic rings. The lowest BCUT2D eigenvalue weighted by Gasteiger charge is -2.19. The monoisotopic (exact) mass is 415 g/mol. The van der Waals surface area contributed by atoms with Gasteiger partial charge < -0.3 is 9.47 Å². The number of aryl methyl sites for hydroxylation is 2. The highest BCUT2D eigenvalue weighted by Crippen LogP contribution is 2.34. The Labute approximate surface area is 176 Å². The Bertz CT molecular complexity index is 961. The topological polar surface area (TPSA) is 77.1 Å². The van der Waals surface area contributed by atoms with Gasteiger partial charge in [0.1, 0.15) is 17.3 Å². The molecule has 6 nitrogen and oxygen atoms in total. The van der Waals surface area contributed by atoms with E-state index in [2.05, 4.69) is 31.9 Å². The van der Waals surface area contributed by atoms with Crippen molar-refractivity contribution in [2.75, 3.05) is 6.61 Å². The van der Waals surface area contributed by atoms with Gasteiger partial charge in [-0.25, -0.2) is 4.79 Å². The van der Waals surface area contributed by atoms with Crippen LogP contribution in [0.2, 0.25) is 5.02 Å². The van der Waals surface area contributed by atoms with Crippen LogP contribution in [-0.2, 0) is 21.4 Å². The average Bonchev–Trinajstić information content (AvgIpc) is 2.95. The van der Waals surface area contributed by atoms with Gasteiger partial charge in [0.2, 0.25) is 0 Å². The molecule has 0 spiro atoms. The van der Waals surface area contributed by atoms with E-state index in [1.807, 2.05) is 31.2 Å². The minimum atomic E-state index is -0.904. The van der Waals surface area contributed by atoms with Crippen molar-refractivity contribution in [2.45, 2.75) is 53.5 Å². The number of ether oxygens (including phenoxy) is 2. The van der Waals surface area contributed by atoms with Crippen molar-refractivity contribution in [1.29, 1.82) is 5.26 Å². The summed E-state index contributed by atoms with van der Waals surface area (Å²) >= 11 is 6.46. The van der Waals surface area contributed by atoms with Gasteiger partial charge in [0, 0.05) is 6.54 Å². The van der Waals surface area contributed by atoms with Crippen LogP contribution in [0.25, 0.3) is 11.3 Å². The Balaban J connectivity index is 2.71. The van der Waals surface area contributed by atoms with E-state index < -0.39 is 6.16 Å². The van der Waals surface area contributed by atoms with Crippen LogP contribution in [0.3, 0.4) is 0 Å². The number of hydrogen-bond acceptors (Lipinski definition) is 5. The summed E-state index contributed by atoms with van der Waals surface area (Å²) in [6.07, 6.45) is -0.904. The number of carbonyl (C=O) groups is 1. The number of nitriles is 1. The number of aromatic nitrogens is 2. The Hall–Kier alpha value is -2.78. The molecular formula is C22H26ClN3O3. The molecule has 29 heavy (non-hydrogen) atoms. The zero-order chi connectivity index (χ0) is 21.8. The molecule has 0 N–H and O–H groups in total. The lowest BCUT2D eigenvalue weighted by atomic mass is 9.86. The van der Waals surface area contributed by atoms with E-state index >= 15 is 0 Å². The third-order valence-corrected chi connectivity index (χ3v) is 4.85. The first kappa shape index (κ1) is 22.5. The summed E-state index contributed by atoms with van der Waals surface area (Å²) in [6, 6.07) is 9.74. The normalized spacial score (nSPS) is 12.2. The van der Waals surface area contributed by atoms with E-state index in [-0.39, 0.29) is 23.4 Å². The van der Waals surface area contributed by atoms with Gasteiger partial charge in [-0.2, -0.15) is 10.4 Å². The Morgan fingerprint density at radius 3 is 2.34 bits per heavy atom. The van der Waals surface area contributed by atoms with E-state index in [1.165, 1.54) is 0 Å². The summed E-state index contributed by atoms with van der Waals surface area (Å²) in [7, 11) is 0. The Morgan fingerprint density at radius 1 is 1.24 bits per heavy atom. The fourth-order valence-corrected chi connectivity index (χ4v) is 3.06. The third kappa shape index (κ3) is 4.99. The van der Waals surface area contributed by atoms with Gasteiger partial charge in [-0.05, 0) is 37.3 Å². The maximum atomic E-state index is 12.1. The molecular weight excluding hydrogens is 390 g/mol. The molecule has 0 radical (unpaired) electrons. The second-order valence-electron chi connectivity index (χ2n) is 7.49. The van der Waals surface area contributed by atoms with E-state index in [9.17, 15) is 10.1 Å². The smallest absolute Gasteiger partial charge is 0.434 e. The molecule has 0 saturated heterocycles. The molecule has 1 aromatic carbocycles. The summed E-state index contributed by atoms with van der Waals surface area (Å²) in [5.74, 6) is 0.0295. The molecule has 1 heterocycles. The maximum absolute atomic E-state index is 12.1. The lowest BCUT2D eigenvalue weighted by Crippen LogP contribution is -2.12. The van der Waals surface area contributed by atoms with Gasteiger partial charge in [0.15, 0.2) is 5.76 Å². The van der Waals surface area contributed by atoms with Crippen LogP contribution in [0, 0.1) is 18.3 Å².